The summed E-state index contributed by atoms with van der Waals surface area (Å²) in [6, 6.07) is 7.21. The molecule has 0 saturated heterocycles. The molecule has 0 amide bonds. The van der Waals surface area contributed by atoms with Gasteiger partial charge in [0, 0.05) is 23.3 Å². The van der Waals surface area contributed by atoms with Gasteiger partial charge in [-0.3, -0.25) is 0 Å². The van der Waals surface area contributed by atoms with Gasteiger partial charge in [-0.25, -0.2) is 4.98 Å². The van der Waals surface area contributed by atoms with Crippen LogP contribution in [0.2, 0.25) is 5.28 Å². The van der Waals surface area contributed by atoms with Crippen LogP contribution in [0.5, 0.6) is 0 Å². The van der Waals surface area contributed by atoms with Gasteiger partial charge in [0.25, 0.3) is 0 Å². The van der Waals surface area contributed by atoms with Gasteiger partial charge in [0.2, 0.25) is 5.28 Å². The molecule has 2 aromatic heterocycles. The zero-order valence-electron chi connectivity index (χ0n) is 10.4. The monoisotopic (exact) mass is 312 g/mol. The first-order valence-electron chi connectivity index (χ1n) is 5.88. The van der Waals surface area contributed by atoms with Crippen LogP contribution < -0.4 is 5.32 Å². The van der Waals surface area contributed by atoms with Crippen molar-refractivity contribution in [1.29, 1.82) is 0 Å². The molecule has 0 aliphatic rings. The number of anilines is 2. The van der Waals surface area contributed by atoms with Crippen LogP contribution >= 0.6 is 11.6 Å². The van der Waals surface area contributed by atoms with Crippen molar-refractivity contribution >= 4 is 34.0 Å². The Bertz CT molecular complexity index is 797. The Hall–Kier alpha value is -2.28. The van der Waals surface area contributed by atoms with Crippen molar-refractivity contribution in [3.05, 3.63) is 47.5 Å². The molecule has 21 heavy (non-hydrogen) atoms. The number of aromatic amines is 1. The molecular formula is C13H8ClF3N4. The molecule has 1 aromatic carbocycles. The lowest BCUT2D eigenvalue weighted by atomic mass is 10.2. The van der Waals surface area contributed by atoms with Crippen LogP contribution in [0.15, 0.2) is 36.7 Å². The number of hydrogen-bond donors (Lipinski definition) is 2. The second kappa shape index (κ2) is 4.92. The summed E-state index contributed by atoms with van der Waals surface area (Å²) in [5, 5.41) is 3.15. The zero-order chi connectivity index (χ0) is 15.0. The lowest BCUT2D eigenvalue weighted by molar-refractivity contribution is -0.137. The Balaban J connectivity index is 2.07. The summed E-state index contributed by atoms with van der Waals surface area (Å²) >= 11 is 5.59. The molecule has 0 fully saturated rings. The molecule has 0 saturated carbocycles. The lowest BCUT2D eigenvalue weighted by Crippen LogP contribution is -2.11. The molecule has 0 radical (unpaired) electrons. The first kappa shape index (κ1) is 13.7. The second-order valence-electron chi connectivity index (χ2n) is 4.27. The van der Waals surface area contributed by atoms with Crippen molar-refractivity contribution in [1.82, 2.24) is 15.0 Å². The average molecular weight is 313 g/mol. The molecule has 0 spiro atoms. The lowest BCUT2D eigenvalue weighted by Gasteiger charge is -2.12. The fraction of sp³-hybridized carbons (Fsp3) is 0.0769. The minimum atomic E-state index is -4.57. The molecule has 2 heterocycles. The fourth-order valence-electron chi connectivity index (χ4n) is 1.97. The predicted octanol–water partition coefficient (Wildman–Crippen LogP) is 4.37. The van der Waals surface area contributed by atoms with E-state index in [1.807, 2.05) is 12.1 Å². The van der Waals surface area contributed by atoms with Crippen molar-refractivity contribution in [2.24, 2.45) is 0 Å². The molecule has 0 bridgehead atoms. The van der Waals surface area contributed by atoms with E-state index in [-0.39, 0.29) is 11.1 Å². The van der Waals surface area contributed by atoms with Crippen LogP contribution in [-0.2, 0) is 6.18 Å². The number of fused-ring (bicyclic) bond motifs is 1. The number of nitrogens with one attached hydrogen (secondary N) is 2. The number of para-hydroxylation sites is 1. The fourth-order valence-corrected chi connectivity index (χ4v) is 2.10. The molecule has 0 atom stereocenters. The maximum Gasteiger partial charge on any atom is 0.421 e. The van der Waals surface area contributed by atoms with Gasteiger partial charge < -0.3 is 10.3 Å². The Labute approximate surface area is 122 Å². The van der Waals surface area contributed by atoms with Crippen LogP contribution in [0.25, 0.3) is 10.9 Å². The minimum Gasteiger partial charge on any atom is -0.359 e. The quantitative estimate of drug-likeness (QED) is 0.691. The van der Waals surface area contributed by atoms with Crippen molar-refractivity contribution in [2.45, 2.75) is 6.18 Å². The molecule has 3 rings (SSSR count). The number of alkyl halides is 3. The number of aromatic nitrogens is 3. The molecule has 108 valence electrons. The standard InChI is InChI=1S/C13H8ClF3N4/c14-12-19-5-8(13(15,16)17)11(21-12)20-10-6-18-9-4-2-1-3-7(9)10/h1-6,18H,(H,19,20,21). The summed E-state index contributed by atoms with van der Waals surface area (Å²) in [6.45, 7) is 0. The summed E-state index contributed by atoms with van der Waals surface area (Å²) in [5.41, 5.74) is 0.303. The highest BCUT2D eigenvalue weighted by Crippen LogP contribution is 2.36. The van der Waals surface area contributed by atoms with E-state index in [9.17, 15) is 13.2 Å². The van der Waals surface area contributed by atoms with Crippen LogP contribution in [0, 0.1) is 0 Å². The van der Waals surface area contributed by atoms with Crippen molar-refractivity contribution < 1.29 is 13.2 Å². The highest BCUT2D eigenvalue weighted by molar-refractivity contribution is 6.28. The third-order valence-electron chi connectivity index (χ3n) is 2.91. The van der Waals surface area contributed by atoms with Gasteiger partial charge in [0.05, 0.1) is 5.69 Å². The summed E-state index contributed by atoms with van der Waals surface area (Å²) < 4.78 is 38.9. The van der Waals surface area contributed by atoms with E-state index in [1.165, 1.54) is 0 Å². The Morgan fingerprint density at radius 1 is 1.19 bits per heavy atom. The number of rotatable bonds is 2. The van der Waals surface area contributed by atoms with E-state index < -0.39 is 11.7 Å². The largest absolute Gasteiger partial charge is 0.421 e. The van der Waals surface area contributed by atoms with Crippen LogP contribution in [-0.4, -0.2) is 15.0 Å². The van der Waals surface area contributed by atoms with E-state index in [0.717, 1.165) is 10.9 Å². The van der Waals surface area contributed by atoms with E-state index in [4.69, 9.17) is 11.6 Å². The third-order valence-corrected chi connectivity index (χ3v) is 3.09. The molecule has 8 heteroatoms. The summed E-state index contributed by atoms with van der Waals surface area (Å²) in [4.78, 5) is 9.98. The van der Waals surface area contributed by atoms with Gasteiger partial charge in [0.15, 0.2) is 0 Å². The van der Waals surface area contributed by atoms with E-state index in [2.05, 4.69) is 20.3 Å². The minimum absolute atomic E-state index is 0.259. The van der Waals surface area contributed by atoms with Crippen LogP contribution in [0.3, 0.4) is 0 Å². The molecule has 4 nitrogen and oxygen atoms in total. The number of benzene rings is 1. The highest BCUT2D eigenvalue weighted by Gasteiger charge is 2.35. The Morgan fingerprint density at radius 2 is 1.95 bits per heavy atom. The van der Waals surface area contributed by atoms with Crippen LogP contribution in [0.4, 0.5) is 24.7 Å². The average Bonchev–Trinajstić information content (AvgIpc) is 2.81. The second-order valence-corrected chi connectivity index (χ2v) is 4.61. The maximum atomic E-state index is 13.0. The van der Waals surface area contributed by atoms with Gasteiger partial charge in [-0.05, 0) is 17.7 Å². The normalized spacial score (nSPS) is 11.8. The SMILES string of the molecule is FC(F)(F)c1cnc(Cl)nc1Nc1c[nH]c2ccccc12. The third kappa shape index (κ3) is 2.64. The zero-order valence-corrected chi connectivity index (χ0v) is 11.1. The molecule has 2 N–H and O–H groups in total. The van der Waals surface area contributed by atoms with E-state index in [0.29, 0.717) is 11.9 Å². The van der Waals surface area contributed by atoms with Crippen molar-refractivity contribution in [3.8, 4) is 0 Å². The Morgan fingerprint density at radius 3 is 2.71 bits per heavy atom. The van der Waals surface area contributed by atoms with Gasteiger partial charge in [-0.1, -0.05) is 18.2 Å². The maximum absolute atomic E-state index is 13.0. The van der Waals surface area contributed by atoms with Gasteiger partial charge in [0.1, 0.15) is 11.4 Å². The van der Waals surface area contributed by atoms with Gasteiger partial charge in [-0.2, -0.15) is 18.2 Å². The van der Waals surface area contributed by atoms with E-state index in [1.54, 1.807) is 18.3 Å². The smallest absolute Gasteiger partial charge is 0.359 e. The number of nitrogens with zero attached hydrogens (tertiary/aromatic N) is 2. The first-order chi connectivity index (χ1) is 9.95. The van der Waals surface area contributed by atoms with Crippen LogP contribution in [0.1, 0.15) is 5.56 Å². The molecular weight excluding hydrogens is 305 g/mol. The predicted molar refractivity (Wildman–Crippen MR) is 73.6 cm³/mol. The number of H-pyrrole nitrogens is 1. The summed E-state index contributed by atoms with van der Waals surface area (Å²) in [5.74, 6) is -0.382. The first-order valence-corrected chi connectivity index (χ1v) is 6.26. The topological polar surface area (TPSA) is 53.6 Å². The molecule has 0 aliphatic heterocycles. The van der Waals surface area contributed by atoms with Crippen molar-refractivity contribution in [3.63, 3.8) is 0 Å². The van der Waals surface area contributed by atoms with Gasteiger partial charge >= 0.3 is 6.18 Å². The highest BCUT2D eigenvalue weighted by atomic mass is 35.5. The molecule has 0 unspecified atom stereocenters. The van der Waals surface area contributed by atoms with Crippen molar-refractivity contribution in [2.75, 3.05) is 5.32 Å². The summed E-state index contributed by atoms with van der Waals surface area (Å²) in [7, 11) is 0. The number of hydrogen-bond acceptors (Lipinski definition) is 3. The van der Waals surface area contributed by atoms with E-state index >= 15 is 0 Å². The summed E-state index contributed by atoms with van der Waals surface area (Å²) in [6.07, 6.45) is -2.34. The Kier molecular flexibility index (Phi) is 3.21. The molecule has 3 aromatic rings. The van der Waals surface area contributed by atoms with Gasteiger partial charge in [-0.15, -0.1) is 0 Å². The number of halogens is 4. The molecule has 0 aliphatic carbocycles.